The Morgan fingerprint density at radius 1 is 0.865 bits per heavy atom. The standard InChI is InChI=1S/C27H21ClN2O6S/c28-20-11-14-25(24(15-20)27(32)33)29-26(31)19-9-12-23(13-10-19)37(34,35)30-21-7-4-8-22(16-21)36-17-18-5-2-1-3-6-18/h1-16,30H,17H2,(H,29,31)(H,32,33). The van der Waals surface area contributed by atoms with E-state index in [2.05, 4.69) is 10.0 Å². The highest BCUT2D eigenvalue weighted by Gasteiger charge is 2.17. The van der Waals surface area contributed by atoms with E-state index in [4.69, 9.17) is 16.3 Å². The molecule has 0 aromatic heterocycles. The summed E-state index contributed by atoms with van der Waals surface area (Å²) in [6, 6.07) is 25.4. The molecule has 0 aliphatic carbocycles. The fraction of sp³-hybridized carbons (Fsp3) is 0.0370. The molecule has 0 aliphatic rings. The van der Waals surface area contributed by atoms with E-state index in [0.29, 0.717) is 18.0 Å². The van der Waals surface area contributed by atoms with Gasteiger partial charge in [-0.25, -0.2) is 13.2 Å². The Bertz CT molecular complexity index is 1540. The molecule has 0 radical (unpaired) electrons. The summed E-state index contributed by atoms with van der Waals surface area (Å²) in [6.45, 7) is 0.338. The lowest BCUT2D eigenvalue weighted by Crippen LogP contribution is -2.16. The highest BCUT2D eigenvalue weighted by Crippen LogP contribution is 2.24. The molecule has 8 nitrogen and oxygen atoms in total. The summed E-state index contributed by atoms with van der Waals surface area (Å²) in [5.74, 6) is -1.36. The number of anilines is 2. The van der Waals surface area contributed by atoms with Crippen LogP contribution >= 0.6 is 11.6 Å². The maximum atomic E-state index is 12.9. The van der Waals surface area contributed by atoms with E-state index in [-0.39, 0.29) is 26.7 Å². The minimum Gasteiger partial charge on any atom is -0.489 e. The number of aromatic carboxylic acids is 1. The molecule has 0 aliphatic heterocycles. The van der Waals surface area contributed by atoms with Gasteiger partial charge in [-0.2, -0.15) is 0 Å². The summed E-state index contributed by atoms with van der Waals surface area (Å²) >= 11 is 5.84. The average Bonchev–Trinajstić information content (AvgIpc) is 2.89. The number of hydrogen-bond acceptors (Lipinski definition) is 5. The summed E-state index contributed by atoms with van der Waals surface area (Å²) in [5.41, 5.74) is 1.33. The number of carboxylic acids is 1. The van der Waals surface area contributed by atoms with Crippen molar-refractivity contribution in [2.75, 3.05) is 10.0 Å². The maximum Gasteiger partial charge on any atom is 0.337 e. The molecular weight excluding hydrogens is 516 g/mol. The lowest BCUT2D eigenvalue weighted by Gasteiger charge is -2.12. The van der Waals surface area contributed by atoms with E-state index in [1.165, 1.54) is 42.5 Å². The number of rotatable bonds is 9. The van der Waals surface area contributed by atoms with Crippen LogP contribution in [0.2, 0.25) is 5.02 Å². The third kappa shape index (κ3) is 6.66. The van der Waals surface area contributed by atoms with Crippen LogP contribution in [-0.2, 0) is 16.6 Å². The molecule has 0 bridgehead atoms. The van der Waals surface area contributed by atoms with E-state index in [0.717, 1.165) is 5.56 Å². The summed E-state index contributed by atoms with van der Waals surface area (Å²) in [5, 5.41) is 12.0. The number of sulfonamides is 1. The van der Waals surface area contributed by atoms with Crippen molar-refractivity contribution in [3.8, 4) is 5.75 Å². The lowest BCUT2D eigenvalue weighted by molar-refractivity contribution is 0.0698. The zero-order valence-corrected chi connectivity index (χ0v) is 20.8. The molecule has 0 atom stereocenters. The Kier molecular flexibility index (Phi) is 7.76. The van der Waals surface area contributed by atoms with Gasteiger partial charge in [0.25, 0.3) is 15.9 Å². The Balaban J connectivity index is 1.43. The molecule has 3 N–H and O–H groups in total. The molecule has 10 heteroatoms. The zero-order chi connectivity index (χ0) is 26.4. The molecule has 4 aromatic rings. The van der Waals surface area contributed by atoms with Gasteiger partial charge < -0.3 is 15.2 Å². The second kappa shape index (κ2) is 11.2. The van der Waals surface area contributed by atoms with Crippen molar-refractivity contribution in [1.29, 1.82) is 0 Å². The average molecular weight is 537 g/mol. The number of amides is 1. The van der Waals surface area contributed by atoms with Gasteiger partial charge in [-0.15, -0.1) is 0 Å². The first-order chi connectivity index (χ1) is 17.7. The first kappa shape index (κ1) is 25.7. The molecule has 0 saturated carbocycles. The van der Waals surface area contributed by atoms with Crippen molar-refractivity contribution in [2.45, 2.75) is 11.5 Å². The molecule has 0 unspecified atom stereocenters. The fourth-order valence-electron chi connectivity index (χ4n) is 3.39. The number of carbonyl (C=O) groups is 2. The summed E-state index contributed by atoms with van der Waals surface area (Å²) in [6.07, 6.45) is 0. The molecule has 188 valence electrons. The van der Waals surface area contributed by atoms with Crippen LogP contribution in [0.1, 0.15) is 26.3 Å². The van der Waals surface area contributed by atoms with Gasteiger partial charge in [-0.1, -0.05) is 48.0 Å². The van der Waals surface area contributed by atoms with Gasteiger partial charge in [0.15, 0.2) is 0 Å². The topological polar surface area (TPSA) is 122 Å². The van der Waals surface area contributed by atoms with Gasteiger partial charge in [-0.3, -0.25) is 9.52 Å². The second-order valence-corrected chi connectivity index (χ2v) is 10.0. The highest BCUT2D eigenvalue weighted by atomic mass is 35.5. The van der Waals surface area contributed by atoms with Gasteiger partial charge in [0.2, 0.25) is 0 Å². The largest absolute Gasteiger partial charge is 0.489 e. The minimum absolute atomic E-state index is 0.0580. The van der Waals surface area contributed by atoms with E-state index >= 15 is 0 Å². The van der Waals surface area contributed by atoms with Crippen LogP contribution in [0.5, 0.6) is 5.75 Å². The molecule has 1 amide bonds. The first-order valence-corrected chi connectivity index (χ1v) is 12.8. The monoisotopic (exact) mass is 536 g/mol. The Morgan fingerprint density at radius 3 is 2.30 bits per heavy atom. The Hall–Kier alpha value is -4.34. The van der Waals surface area contributed by atoms with E-state index in [9.17, 15) is 23.1 Å². The van der Waals surface area contributed by atoms with Crippen molar-refractivity contribution in [1.82, 2.24) is 0 Å². The molecule has 37 heavy (non-hydrogen) atoms. The number of halogens is 1. The molecule has 4 aromatic carbocycles. The smallest absolute Gasteiger partial charge is 0.337 e. The predicted octanol–water partition coefficient (Wildman–Crippen LogP) is 5.67. The predicted molar refractivity (Wildman–Crippen MR) is 141 cm³/mol. The van der Waals surface area contributed by atoms with Gasteiger partial charge in [0.1, 0.15) is 12.4 Å². The van der Waals surface area contributed by atoms with Crippen molar-refractivity contribution >= 4 is 44.9 Å². The number of ether oxygens (including phenoxy) is 1. The third-order valence-electron chi connectivity index (χ3n) is 5.22. The second-order valence-electron chi connectivity index (χ2n) is 7.88. The van der Waals surface area contributed by atoms with Crippen molar-refractivity contribution < 1.29 is 27.9 Å². The van der Waals surface area contributed by atoms with Crippen LogP contribution < -0.4 is 14.8 Å². The number of nitrogens with one attached hydrogen (secondary N) is 2. The van der Waals surface area contributed by atoms with Crippen LogP contribution in [0.3, 0.4) is 0 Å². The van der Waals surface area contributed by atoms with Gasteiger partial charge >= 0.3 is 5.97 Å². The Morgan fingerprint density at radius 2 is 1.59 bits per heavy atom. The van der Waals surface area contributed by atoms with Crippen molar-refractivity contribution in [2.24, 2.45) is 0 Å². The normalized spacial score (nSPS) is 10.9. The third-order valence-corrected chi connectivity index (χ3v) is 6.85. The number of carboxylic acid groups (broad SMARTS) is 1. The molecule has 0 fully saturated rings. The van der Waals surface area contributed by atoms with Crippen LogP contribution in [0.4, 0.5) is 11.4 Å². The first-order valence-electron chi connectivity index (χ1n) is 11.0. The van der Waals surface area contributed by atoms with Gasteiger partial charge in [0, 0.05) is 16.7 Å². The van der Waals surface area contributed by atoms with Crippen LogP contribution in [0.25, 0.3) is 0 Å². The summed E-state index contributed by atoms with van der Waals surface area (Å²) in [7, 11) is -3.95. The molecule has 0 spiro atoms. The maximum absolute atomic E-state index is 12.9. The van der Waals surface area contributed by atoms with Crippen molar-refractivity contribution in [3.05, 3.63) is 119 Å². The number of benzene rings is 4. The highest BCUT2D eigenvalue weighted by molar-refractivity contribution is 7.92. The Labute approximate surface area is 218 Å². The lowest BCUT2D eigenvalue weighted by atomic mass is 10.1. The minimum atomic E-state index is -3.95. The van der Waals surface area contributed by atoms with Gasteiger partial charge in [-0.05, 0) is 60.2 Å². The van der Waals surface area contributed by atoms with Crippen LogP contribution in [-0.4, -0.2) is 25.4 Å². The fourth-order valence-corrected chi connectivity index (χ4v) is 4.61. The van der Waals surface area contributed by atoms with Gasteiger partial charge in [0.05, 0.1) is 21.8 Å². The van der Waals surface area contributed by atoms with Crippen LogP contribution in [0, 0.1) is 0 Å². The molecule has 4 rings (SSSR count). The number of hydrogen-bond donors (Lipinski definition) is 3. The quantitative estimate of drug-likeness (QED) is 0.253. The zero-order valence-electron chi connectivity index (χ0n) is 19.2. The molecule has 0 heterocycles. The van der Waals surface area contributed by atoms with E-state index < -0.39 is 21.9 Å². The van der Waals surface area contributed by atoms with Crippen LogP contribution in [0.15, 0.2) is 102 Å². The molecular formula is C27H21ClN2O6S. The molecule has 0 saturated heterocycles. The summed E-state index contributed by atoms with van der Waals surface area (Å²) in [4.78, 5) is 24.0. The SMILES string of the molecule is O=C(Nc1ccc(Cl)cc1C(=O)O)c1ccc(S(=O)(=O)Nc2cccc(OCc3ccccc3)c2)cc1. The van der Waals surface area contributed by atoms with E-state index in [1.807, 2.05) is 30.3 Å². The number of carbonyl (C=O) groups excluding carboxylic acids is 1. The van der Waals surface area contributed by atoms with E-state index in [1.54, 1.807) is 24.3 Å². The van der Waals surface area contributed by atoms with Crippen molar-refractivity contribution in [3.63, 3.8) is 0 Å². The summed E-state index contributed by atoms with van der Waals surface area (Å²) < 4.78 is 34.0.